The van der Waals surface area contributed by atoms with E-state index in [1.807, 2.05) is 25.7 Å². The van der Waals surface area contributed by atoms with Gasteiger partial charge in [0.05, 0.1) is 0 Å². The Morgan fingerprint density at radius 2 is 1.89 bits per heavy atom. The van der Waals surface area contributed by atoms with Crippen LogP contribution in [-0.4, -0.2) is 69.2 Å². The van der Waals surface area contributed by atoms with E-state index in [0.717, 1.165) is 6.07 Å². The topological polar surface area (TPSA) is 79.0 Å². The van der Waals surface area contributed by atoms with Gasteiger partial charge in [-0.2, -0.15) is 0 Å². The molecule has 0 atom stereocenters. The normalized spacial score (nSPS) is 16.4. The molecule has 0 aliphatic carbocycles. The minimum Gasteiger partial charge on any atom is -0.444 e. The summed E-state index contributed by atoms with van der Waals surface area (Å²) in [4.78, 5) is 15.3. The molecule has 1 amide bonds. The first kappa shape index (κ1) is 22.1. The van der Waals surface area contributed by atoms with Gasteiger partial charge in [-0.25, -0.2) is 22.3 Å². The number of amides is 1. The zero-order valence-corrected chi connectivity index (χ0v) is 18.1. The number of rotatable bonds is 5. The molecule has 0 unspecified atom stereocenters. The third-order valence-corrected chi connectivity index (χ3v) is 5.90. The fourth-order valence-corrected chi connectivity index (χ4v) is 4.21. The van der Waals surface area contributed by atoms with Gasteiger partial charge < -0.3 is 9.64 Å². The average Bonchev–Trinajstić information content (AvgIpc) is 2.56. The SMILES string of the molecule is CC(C)(C)OC(=O)N1CCN(CCNS(=O)(=O)c2cc(Br)ccc2F)CC1. The van der Waals surface area contributed by atoms with Gasteiger partial charge in [-0.05, 0) is 39.0 Å². The smallest absolute Gasteiger partial charge is 0.410 e. The molecule has 1 aromatic carbocycles. The molecule has 0 bridgehead atoms. The number of carbonyl (C=O) groups is 1. The van der Waals surface area contributed by atoms with Crippen molar-refractivity contribution in [1.29, 1.82) is 0 Å². The number of carbonyl (C=O) groups excluding carboxylic acids is 1. The minimum atomic E-state index is -3.92. The van der Waals surface area contributed by atoms with E-state index in [9.17, 15) is 17.6 Å². The molecule has 7 nitrogen and oxygen atoms in total. The predicted octanol–water partition coefficient (Wildman–Crippen LogP) is 2.42. The van der Waals surface area contributed by atoms with E-state index in [2.05, 4.69) is 20.7 Å². The van der Waals surface area contributed by atoms with Gasteiger partial charge in [0.15, 0.2) is 0 Å². The van der Waals surface area contributed by atoms with Crippen LogP contribution < -0.4 is 4.72 Å². The lowest BCUT2D eigenvalue weighted by atomic mass is 10.2. The van der Waals surface area contributed by atoms with Gasteiger partial charge in [-0.15, -0.1) is 0 Å². The van der Waals surface area contributed by atoms with Crippen molar-refractivity contribution in [2.24, 2.45) is 0 Å². The van der Waals surface area contributed by atoms with Crippen LogP contribution >= 0.6 is 15.9 Å². The quantitative estimate of drug-likeness (QED) is 0.722. The zero-order valence-electron chi connectivity index (χ0n) is 15.7. The number of hydrogen-bond donors (Lipinski definition) is 1. The largest absolute Gasteiger partial charge is 0.444 e. The lowest BCUT2D eigenvalue weighted by Gasteiger charge is -2.35. The summed E-state index contributed by atoms with van der Waals surface area (Å²) in [6.45, 7) is 8.35. The van der Waals surface area contributed by atoms with Crippen LogP contribution in [0.1, 0.15) is 20.8 Å². The van der Waals surface area contributed by atoms with Gasteiger partial charge in [-0.3, -0.25) is 4.90 Å². The molecule has 152 valence electrons. The molecule has 0 spiro atoms. The van der Waals surface area contributed by atoms with E-state index >= 15 is 0 Å². The minimum absolute atomic E-state index is 0.153. The molecule has 1 aliphatic heterocycles. The second kappa shape index (κ2) is 8.85. The molecule has 27 heavy (non-hydrogen) atoms. The third kappa shape index (κ3) is 6.70. The number of nitrogens with zero attached hydrogens (tertiary/aromatic N) is 2. The van der Waals surface area contributed by atoms with Crippen molar-refractivity contribution in [3.63, 3.8) is 0 Å². The molecule has 0 aromatic heterocycles. The van der Waals surface area contributed by atoms with Gasteiger partial charge in [0.25, 0.3) is 0 Å². The Balaban J connectivity index is 1.80. The monoisotopic (exact) mass is 465 g/mol. The van der Waals surface area contributed by atoms with E-state index in [0.29, 0.717) is 37.2 Å². The maximum Gasteiger partial charge on any atom is 0.410 e. The number of piperazine rings is 1. The summed E-state index contributed by atoms with van der Waals surface area (Å²) >= 11 is 3.15. The van der Waals surface area contributed by atoms with Gasteiger partial charge in [0.2, 0.25) is 10.0 Å². The van der Waals surface area contributed by atoms with Gasteiger partial charge in [0, 0.05) is 43.7 Å². The Labute approximate surface area is 168 Å². The molecule has 1 aromatic rings. The van der Waals surface area contributed by atoms with E-state index in [-0.39, 0.29) is 17.5 Å². The molecule has 1 heterocycles. The van der Waals surface area contributed by atoms with Crippen molar-refractivity contribution in [3.8, 4) is 0 Å². The Bertz CT molecular complexity index is 775. The summed E-state index contributed by atoms with van der Waals surface area (Å²) in [5, 5.41) is 0. The number of benzene rings is 1. The van der Waals surface area contributed by atoms with Crippen LogP contribution in [0.3, 0.4) is 0 Å². The Morgan fingerprint density at radius 3 is 2.48 bits per heavy atom. The van der Waals surface area contributed by atoms with E-state index in [1.54, 1.807) is 4.90 Å². The molecule has 1 aliphatic rings. The summed E-state index contributed by atoms with van der Waals surface area (Å²) in [7, 11) is -3.92. The summed E-state index contributed by atoms with van der Waals surface area (Å²) in [6, 6.07) is 3.78. The number of hydrogen-bond acceptors (Lipinski definition) is 5. The second-order valence-electron chi connectivity index (χ2n) is 7.28. The van der Waals surface area contributed by atoms with Crippen molar-refractivity contribution in [3.05, 3.63) is 28.5 Å². The van der Waals surface area contributed by atoms with Crippen molar-refractivity contribution in [2.75, 3.05) is 39.3 Å². The molecular weight excluding hydrogens is 441 g/mol. The maximum absolute atomic E-state index is 13.8. The third-order valence-electron chi connectivity index (χ3n) is 3.93. The highest BCUT2D eigenvalue weighted by molar-refractivity contribution is 9.10. The summed E-state index contributed by atoms with van der Waals surface area (Å²) in [6.07, 6.45) is -0.340. The Kier molecular flexibility index (Phi) is 7.23. The molecule has 1 fully saturated rings. The Morgan fingerprint density at radius 1 is 1.26 bits per heavy atom. The van der Waals surface area contributed by atoms with Crippen molar-refractivity contribution < 1.29 is 22.3 Å². The molecule has 1 saturated heterocycles. The highest BCUT2D eigenvalue weighted by Crippen LogP contribution is 2.19. The predicted molar refractivity (Wildman–Crippen MR) is 104 cm³/mol. The molecule has 0 saturated carbocycles. The number of ether oxygens (including phenoxy) is 1. The van der Waals surface area contributed by atoms with Gasteiger partial charge in [-0.1, -0.05) is 15.9 Å². The fraction of sp³-hybridized carbons (Fsp3) is 0.588. The fourth-order valence-electron chi connectivity index (χ4n) is 2.58. The first-order chi connectivity index (χ1) is 12.5. The summed E-state index contributed by atoms with van der Waals surface area (Å²) in [5.41, 5.74) is -0.534. The summed E-state index contributed by atoms with van der Waals surface area (Å²) < 4.78 is 46.6. The van der Waals surface area contributed by atoms with Crippen LogP contribution in [0.2, 0.25) is 0 Å². The maximum atomic E-state index is 13.8. The summed E-state index contributed by atoms with van der Waals surface area (Å²) in [5.74, 6) is -0.795. The second-order valence-corrected chi connectivity index (χ2v) is 9.93. The lowest BCUT2D eigenvalue weighted by molar-refractivity contribution is 0.0147. The highest BCUT2D eigenvalue weighted by Gasteiger charge is 2.26. The van der Waals surface area contributed by atoms with Crippen LogP contribution in [0.25, 0.3) is 0 Å². The van der Waals surface area contributed by atoms with Crippen LogP contribution in [0, 0.1) is 5.82 Å². The number of halogens is 2. The molecule has 2 rings (SSSR count). The first-order valence-corrected chi connectivity index (χ1v) is 10.9. The molecule has 10 heteroatoms. The van der Waals surface area contributed by atoms with Crippen LogP contribution in [-0.2, 0) is 14.8 Å². The highest BCUT2D eigenvalue weighted by atomic mass is 79.9. The van der Waals surface area contributed by atoms with Crippen molar-refractivity contribution in [2.45, 2.75) is 31.3 Å². The van der Waals surface area contributed by atoms with Crippen LogP contribution in [0.5, 0.6) is 0 Å². The van der Waals surface area contributed by atoms with Gasteiger partial charge >= 0.3 is 6.09 Å². The lowest BCUT2D eigenvalue weighted by Crippen LogP contribution is -2.51. The van der Waals surface area contributed by atoms with Gasteiger partial charge in [0.1, 0.15) is 16.3 Å². The van der Waals surface area contributed by atoms with E-state index < -0.39 is 21.4 Å². The molecular formula is C17H25BrFN3O4S. The molecule has 1 N–H and O–H groups in total. The average molecular weight is 466 g/mol. The molecule has 0 radical (unpaired) electrons. The van der Waals surface area contributed by atoms with Crippen molar-refractivity contribution in [1.82, 2.24) is 14.5 Å². The van der Waals surface area contributed by atoms with E-state index in [4.69, 9.17) is 4.74 Å². The Hall–Kier alpha value is -1.23. The number of nitrogens with one attached hydrogen (secondary N) is 1. The zero-order chi connectivity index (χ0) is 20.2. The first-order valence-electron chi connectivity index (χ1n) is 8.63. The van der Waals surface area contributed by atoms with Crippen molar-refractivity contribution >= 4 is 32.0 Å². The van der Waals surface area contributed by atoms with Crippen LogP contribution in [0.15, 0.2) is 27.6 Å². The number of sulfonamides is 1. The van der Waals surface area contributed by atoms with E-state index in [1.165, 1.54) is 12.1 Å². The van der Waals surface area contributed by atoms with Crippen LogP contribution in [0.4, 0.5) is 9.18 Å². The standard InChI is InChI=1S/C17H25BrFN3O4S/c1-17(2,3)26-16(23)22-10-8-21(9-11-22)7-6-20-27(24,25)15-12-13(18)4-5-14(15)19/h4-5,12,20H,6-11H2,1-3H3.